The van der Waals surface area contributed by atoms with Gasteiger partial charge < -0.3 is 0 Å². The number of nitrogens with one attached hydrogen (secondary N) is 1. The number of nitro groups is 1. The Balaban J connectivity index is 1.69. The highest BCUT2D eigenvalue weighted by atomic mass is 32.2. The number of carbonyl (C=O) groups excluding carboxylic acids is 1. The summed E-state index contributed by atoms with van der Waals surface area (Å²) in [5, 5.41) is 22.1. The average molecular weight is 386 g/mol. The van der Waals surface area contributed by atoms with E-state index < -0.39 is 10.8 Å². The number of thioether (sulfide) groups is 1. The summed E-state index contributed by atoms with van der Waals surface area (Å²) in [7, 11) is 0. The van der Waals surface area contributed by atoms with Crippen molar-refractivity contribution in [2.24, 2.45) is 0 Å². The Bertz CT molecular complexity index is 944. The molecule has 1 amide bonds. The Morgan fingerprint density at radius 3 is 2.69 bits per heavy atom. The standard InChI is InChI=1S/C17H14N4O3S2/c1-11-6-5-9-13(14(11)21(23)24)15(22)18-16-19-20-17(26-16)25-10-12-7-3-2-4-8-12/h2-9H,10H2,1H3,(H,18,19,22). The molecule has 1 heterocycles. The van der Waals surface area contributed by atoms with Crippen LogP contribution in [0, 0.1) is 17.0 Å². The maximum Gasteiger partial charge on any atom is 0.285 e. The van der Waals surface area contributed by atoms with Gasteiger partial charge in [-0.25, -0.2) is 0 Å². The maximum atomic E-state index is 12.4. The Hall–Kier alpha value is -2.78. The predicted octanol–water partition coefficient (Wildman–Crippen LogP) is 4.30. The van der Waals surface area contributed by atoms with Gasteiger partial charge in [0.05, 0.1) is 4.92 Å². The number of hydrogen-bond acceptors (Lipinski definition) is 7. The van der Waals surface area contributed by atoms with Crippen LogP contribution in [0.3, 0.4) is 0 Å². The highest BCUT2D eigenvalue weighted by molar-refractivity contribution is 8.00. The summed E-state index contributed by atoms with van der Waals surface area (Å²) in [6.07, 6.45) is 0. The van der Waals surface area contributed by atoms with Gasteiger partial charge in [0.15, 0.2) is 4.34 Å². The van der Waals surface area contributed by atoms with Gasteiger partial charge in [-0.3, -0.25) is 20.2 Å². The number of nitrogens with zero attached hydrogens (tertiary/aromatic N) is 3. The van der Waals surface area contributed by atoms with E-state index in [1.54, 1.807) is 19.1 Å². The van der Waals surface area contributed by atoms with Crippen LogP contribution in [0.25, 0.3) is 0 Å². The van der Waals surface area contributed by atoms with Crippen molar-refractivity contribution in [3.8, 4) is 0 Å². The Kier molecular flexibility index (Phi) is 5.59. The summed E-state index contributed by atoms with van der Waals surface area (Å²) in [5.74, 6) is 0.170. The monoisotopic (exact) mass is 386 g/mol. The van der Waals surface area contributed by atoms with E-state index in [1.807, 2.05) is 30.3 Å². The molecule has 0 saturated heterocycles. The predicted molar refractivity (Wildman–Crippen MR) is 102 cm³/mol. The van der Waals surface area contributed by atoms with Crippen molar-refractivity contribution in [1.29, 1.82) is 0 Å². The first-order valence-electron chi connectivity index (χ1n) is 7.60. The third kappa shape index (κ3) is 4.24. The second-order valence-corrected chi connectivity index (χ2v) is 7.53. The third-order valence-corrected chi connectivity index (χ3v) is 5.54. The first-order valence-corrected chi connectivity index (χ1v) is 9.40. The summed E-state index contributed by atoms with van der Waals surface area (Å²) in [6.45, 7) is 1.60. The van der Waals surface area contributed by atoms with Gasteiger partial charge >= 0.3 is 0 Å². The summed E-state index contributed by atoms with van der Waals surface area (Å²) >= 11 is 2.75. The van der Waals surface area contributed by atoms with Crippen molar-refractivity contribution in [3.63, 3.8) is 0 Å². The minimum Gasteiger partial charge on any atom is -0.296 e. The van der Waals surface area contributed by atoms with Gasteiger partial charge in [-0.1, -0.05) is 65.6 Å². The Labute approximate surface area is 157 Å². The fourth-order valence-electron chi connectivity index (χ4n) is 2.29. The van der Waals surface area contributed by atoms with Gasteiger partial charge in [0.2, 0.25) is 5.13 Å². The second-order valence-electron chi connectivity index (χ2n) is 5.33. The number of benzene rings is 2. The van der Waals surface area contributed by atoms with E-state index in [9.17, 15) is 14.9 Å². The van der Waals surface area contributed by atoms with Gasteiger partial charge in [0.25, 0.3) is 11.6 Å². The van der Waals surface area contributed by atoms with E-state index in [-0.39, 0.29) is 11.3 Å². The molecular weight excluding hydrogens is 372 g/mol. The molecule has 0 spiro atoms. The largest absolute Gasteiger partial charge is 0.296 e. The fourth-order valence-corrected chi connectivity index (χ4v) is 3.99. The second kappa shape index (κ2) is 8.07. The molecule has 0 atom stereocenters. The summed E-state index contributed by atoms with van der Waals surface area (Å²) in [5.41, 5.74) is 1.39. The molecule has 9 heteroatoms. The number of rotatable bonds is 6. The van der Waals surface area contributed by atoms with E-state index in [0.29, 0.717) is 15.0 Å². The van der Waals surface area contributed by atoms with E-state index in [2.05, 4.69) is 15.5 Å². The van der Waals surface area contributed by atoms with Gasteiger partial charge in [-0.05, 0) is 18.6 Å². The van der Waals surface area contributed by atoms with E-state index in [0.717, 1.165) is 11.3 Å². The molecule has 1 N–H and O–H groups in total. The Morgan fingerprint density at radius 2 is 1.96 bits per heavy atom. The van der Waals surface area contributed by atoms with Crippen LogP contribution in [-0.4, -0.2) is 21.0 Å². The van der Waals surface area contributed by atoms with Crippen LogP contribution in [-0.2, 0) is 5.75 Å². The van der Waals surface area contributed by atoms with Crippen LogP contribution < -0.4 is 5.32 Å². The lowest BCUT2D eigenvalue weighted by atomic mass is 10.1. The van der Waals surface area contributed by atoms with Crippen molar-refractivity contribution in [2.75, 3.05) is 5.32 Å². The smallest absolute Gasteiger partial charge is 0.285 e. The van der Waals surface area contributed by atoms with Crippen molar-refractivity contribution >= 4 is 39.8 Å². The molecule has 0 bridgehead atoms. The number of aromatic nitrogens is 2. The lowest BCUT2D eigenvalue weighted by Gasteiger charge is -2.04. The van der Waals surface area contributed by atoms with E-state index in [1.165, 1.54) is 29.2 Å². The van der Waals surface area contributed by atoms with Gasteiger partial charge in [0, 0.05) is 11.3 Å². The molecule has 0 saturated carbocycles. The number of carbonyl (C=O) groups is 1. The first-order chi connectivity index (χ1) is 12.5. The van der Waals surface area contributed by atoms with Crippen LogP contribution in [0.4, 0.5) is 10.8 Å². The normalized spacial score (nSPS) is 10.5. The van der Waals surface area contributed by atoms with Crippen molar-refractivity contribution in [3.05, 3.63) is 75.3 Å². The maximum absolute atomic E-state index is 12.4. The minimum absolute atomic E-state index is 0.00342. The summed E-state index contributed by atoms with van der Waals surface area (Å²) < 4.78 is 0.711. The van der Waals surface area contributed by atoms with Gasteiger partial charge in [-0.15, -0.1) is 10.2 Å². The molecule has 0 aliphatic carbocycles. The molecule has 1 aromatic heterocycles. The highest BCUT2D eigenvalue weighted by Gasteiger charge is 2.23. The average Bonchev–Trinajstić information content (AvgIpc) is 3.07. The number of amides is 1. The molecule has 0 aliphatic heterocycles. The quantitative estimate of drug-likeness (QED) is 0.293. The zero-order valence-corrected chi connectivity index (χ0v) is 15.3. The lowest BCUT2D eigenvalue weighted by molar-refractivity contribution is -0.385. The molecule has 132 valence electrons. The number of anilines is 1. The summed E-state index contributed by atoms with van der Waals surface area (Å²) in [6, 6.07) is 14.6. The van der Waals surface area contributed by atoms with Crippen LogP contribution in [0.15, 0.2) is 52.9 Å². The molecule has 26 heavy (non-hydrogen) atoms. The minimum atomic E-state index is -0.573. The van der Waals surface area contributed by atoms with E-state index >= 15 is 0 Å². The molecule has 0 radical (unpaired) electrons. The molecule has 0 fully saturated rings. The van der Waals surface area contributed by atoms with Crippen molar-refractivity contribution in [2.45, 2.75) is 17.0 Å². The van der Waals surface area contributed by atoms with Crippen LogP contribution in [0.2, 0.25) is 0 Å². The highest BCUT2D eigenvalue weighted by Crippen LogP contribution is 2.29. The zero-order chi connectivity index (χ0) is 18.5. The molecule has 0 unspecified atom stereocenters. The number of hydrogen-bond donors (Lipinski definition) is 1. The van der Waals surface area contributed by atoms with Crippen LogP contribution in [0.5, 0.6) is 0 Å². The van der Waals surface area contributed by atoms with E-state index in [4.69, 9.17) is 0 Å². The number of nitro benzene ring substituents is 1. The zero-order valence-electron chi connectivity index (χ0n) is 13.7. The van der Waals surface area contributed by atoms with Gasteiger partial charge in [0.1, 0.15) is 5.56 Å². The SMILES string of the molecule is Cc1cccc(C(=O)Nc2nnc(SCc3ccccc3)s2)c1[N+](=O)[O-]. The van der Waals surface area contributed by atoms with Crippen molar-refractivity contribution in [1.82, 2.24) is 10.2 Å². The molecular formula is C17H14N4O3S2. The molecule has 2 aromatic carbocycles. The third-order valence-electron chi connectivity index (χ3n) is 3.50. The van der Waals surface area contributed by atoms with Crippen LogP contribution in [0.1, 0.15) is 21.5 Å². The number of aryl methyl sites for hydroxylation is 1. The molecule has 3 aromatic rings. The molecule has 0 aliphatic rings. The fraction of sp³-hybridized carbons (Fsp3) is 0.118. The van der Waals surface area contributed by atoms with Crippen LogP contribution >= 0.6 is 23.1 Å². The number of para-hydroxylation sites is 1. The lowest BCUT2D eigenvalue weighted by Crippen LogP contribution is -2.14. The summed E-state index contributed by atoms with van der Waals surface area (Å²) in [4.78, 5) is 23.1. The first kappa shape index (κ1) is 18.0. The van der Waals surface area contributed by atoms with Gasteiger partial charge in [-0.2, -0.15) is 0 Å². The Morgan fingerprint density at radius 1 is 1.19 bits per heavy atom. The topological polar surface area (TPSA) is 98.0 Å². The molecule has 3 rings (SSSR count). The molecule has 7 nitrogen and oxygen atoms in total. The van der Waals surface area contributed by atoms with Crippen molar-refractivity contribution < 1.29 is 9.72 Å².